The van der Waals surface area contributed by atoms with Gasteiger partial charge in [0, 0.05) is 0 Å². The molecule has 0 bridgehead atoms. The maximum Gasteiger partial charge on any atom is -0.0445 e. The summed E-state index contributed by atoms with van der Waals surface area (Å²) in [5, 5.41) is 6.25. The summed E-state index contributed by atoms with van der Waals surface area (Å²) in [6.45, 7) is 12.2. The lowest BCUT2D eigenvalue weighted by atomic mass is 10.4. The molecule has 1 nitrogen and oxygen atoms in total. The van der Waals surface area contributed by atoms with Gasteiger partial charge in [0.2, 0.25) is 0 Å². The van der Waals surface area contributed by atoms with Gasteiger partial charge in [0.25, 0.3) is 0 Å². The van der Waals surface area contributed by atoms with Crippen molar-refractivity contribution in [3.05, 3.63) is 18.7 Å². The summed E-state index contributed by atoms with van der Waals surface area (Å²) >= 11 is 0. The molecule has 0 aromatic carbocycles. The lowest BCUT2D eigenvalue weighted by Crippen LogP contribution is -1.43. The molecule has 0 aliphatic heterocycles. The Kier molecular flexibility index (Phi) is 13.3. The molecule has 0 amide bonds. The van der Waals surface area contributed by atoms with Crippen LogP contribution in [0.15, 0.2) is 12.2 Å². The van der Waals surface area contributed by atoms with Crippen molar-refractivity contribution in [3.8, 4) is 0 Å². The van der Waals surface area contributed by atoms with E-state index in [-0.39, 0.29) is 0 Å². The van der Waals surface area contributed by atoms with Crippen molar-refractivity contribution in [2.24, 2.45) is 0 Å². The van der Waals surface area contributed by atoms with Crippen LogP contribution in [0, 0.1) is 11.8 Å². The van der Waals surface area contributed by atoms with E-state index in [1.54, 1.807) is 0 Å². The second-order valence-corrected chi connectivity index (χ2v) is 1.21. The molecule has 0 aliphatic carbocycles. The fraction of sp³-hybridized carbons (Fsp3) is 0.400. The van der Waals surface area contributed by atoms with Crippen LogP contribution in [0.3, 0.4) is 0 Å². The van der Waals surface area contributed by atoms with Gasteiger partial charge in [0.15, 0.2) is 0 Å². The van der Waals surface area contributed by atoms with Crippen molar-refractivity contribution >= 4 is 0 Å². The van der Waals surface area contributed by atoms with Crippen LogP contribution in [-0.2, 0) is 0 Å². The highest BCUT2D eigenvalue weighted by Crippen LogP contribution is 1.73. The normalized spacial score (nSPS) is 4.67. The van der Waals surface area contributed by atoms with Crippen LogP contribution < -0.4 is 0 Å². The number of nitrogens with zero attached hydrogens (tertiary/aromatic N) is 1. The van der Waals surface area contributed by atoms with E-state index in [9.17, 15) is 0 Å². The topological polar surface area (TPSA) is 23.8 Å². The minimum Gasteiger partial charge on any atom is -0.512 e. The zero-order chi connectivity index (χ0) is 5.58. The van der Waals surface area contributed by atoms with Gasteiger partial charge in [-0.3, -0.25) is 0 Å². The van der Waals surface area contributed by atoms with Crippen LogP contribution in [0.25, 0.3) is 0 Å². The fourth-order valence-electron chi connectivity index (χ4n) is 0. The van der Waals surface area contributed by atoms with Crippen molar-refractivity contribution in [1.29, 1.82) is 5.26 Å². The summed E-state index contributed by atoms with van der Waals surface area (Å²) in [5.41, 5.74) is 1.17. The number of hydrogen-bond acceptors (Lipinski definition) is 1. The SMILES string of the molecule is C=C(C)C.[C-]#N. The molecule has 0 rings (SSSR count). The number of rotatable bonds is 0. The molecule has 0 aliphatic rings. The van der Waals surface area contributed by atoms with Gasteiger partial charge in [-0.15, -0.1) is 6.58 Å². The molecule has 0 atom stereocenters. The van der Waals surface area contributed by atoms with Crippen molar-refractivity contribution < 1.29 is 0 Å². The van der Waals surface area contributed by atoms with Crippen LogP contribution in [0.1, 0.15) is 13.8 Å². The minimum absolute atomic E-state index is 1.17. The molecule has 0 saturated heterocycles. The first-order chi connectivity index (χ1) is 2.73. The second kappa shape index (κ2) is 8.87. The predicted molar refractivity (Wildman–Crippen MR) is 25.5 cm³/mol. The van der Waals surface area contributed by atoms with Crippen LogP contribution in [0.4, 0.5) is 0 Å². The third-order valence-corrected chi connectivity index (χ3v) is 0. The zero-order valence-electron chi connectivity index (χ0n) is 4.15. The molecule has 1 heteroatoms. The highest BCUT2D eigenvalue weighted by molar-refractivity contribution is 4.78. The quantitative estimate of drug-likeness (QED) is 0.322. The third-order valence-electron chi connectivity index (χ3n) is 0. The van der Waals surface area contributed by atoms with E-state index < -0.39 is 0 Å². The Bertz CT molecular complexity index is 48.2. The van der Waals surface area contributed by atoms with Crippen molar-refractivity contribution in [3.63, 3.8) is 0 Å². The lowest BCUT2D eigenvalue weighted by molar-refractivity contribution is 1.42. The molecule has 6 heavy (non-hydrogen) atoms. The van der Waals surface area contributed by atoms with E-state index in [1.807, 2.05) is 13.8 Å². The monoisotopic (exact) mass is 82.1 g/mol. The van der Waals surface area contributed by atoms with E-state index in [0.29, 0.717) is 0 Å². The molecule has 0 aromatic rings. The summed E-state index contributed by atoms with van der Waals surface area (Å²) in [7, 11) is 0. The number of hydrogen-bond donors (Lipinski definition) is 0. The molecule has 0 N–H and O–H groups in total. The maximum absolute atomic E-state index is 6.25. The van der Waals surface area contributed by atoms with E-state index in [4.69, 9.17) is 11.8 Å². The Balaban J connectivity index is 0. The smallest absolute Gasteiger partial charge is 0.0445 e. The van der Waals surface area contributed by atoms with Gasteiger partial charge in [-0.1, -0.05) is 5.57 Å². The van der Waals surface area contributed by atoms with Gasteiger partial charge < -0.3 is 11.8 Å². The van der Waals surface area contributed by atoms with Crippen molar-refractivity contribution in [2.45, 2.75) is 13.8 Å². The van der Waals surface area contributed by atoms with E-state index in [0.717, 1.165) is 0 Å². The van der Waals surface area contributed by atoms with Gasteiger partial charge >= 0.3 is 0 Å². The van der Waals surface area contributed by atoms with Crippen LogP contribution in [-0.4, -0.2) is 0 Å². The number of allylic oxidation sites excluding steroid dienone is 1. The van der Waals surface area contributed by atoms with Crippen molar-refractivity contribution in [2.75, 3.05) is 0 Å². The molecule has 0 saturated carbocycles. The molecule has 34 valence electrons. The van der Waals surface area contributed by atoms with Crippen molar-refractivity contribution in [1.82, 2.24) is 0 Å². The van der Waals surface area contributed by atoms with Gasteiger partial charge in [-0.2, -0.15) is 0 Å². The Morgan fingerprint density at radius 1 is 1.50 bits per heavy atom. The fourth-order valence-corrected chi connectivity index (χ4v) is 0. The first-order valence-corrected chi connectivity index (χ1v) is 1.58. The van der Waals surface area contributed by atoms with Gasteiger partial charge in [0.1, 0.15) is 0 Å². The molecular formula is C5H8N-. The Labute approximate surface area is 38.9 Å². The summed E-state index contributed by atoms with van der Waals surface area (Å²) in [6, 6.07) is 0. The first kappa shape index (κ1) is 8.97. The zero-order valence-corrected chi connectivity index (χ0v) is 4.15. The van der Waals surface area contributed by atoms with Crippen LogP contribution in [0.2, 0.25) is 0 Å². The Morgan fingerprint density at radius 2 is 1.50 bits per heavy atom. The molecule has 0 heterocycles. The molecule has 0 aromatic heterocycles. The van der Waals surface area contributed by atoms with Crippen LogP contribution in [0.5, 0.6) is 0 Å². The third kappa shape index (κ3) is 27.1. The highest BCUT2D eigenvalue weighted by atomic mass is 14.2. The summed E-state index contributed by atoms with van der Waals surface area (Å²) in [5.74, 6) is 0. The van der Waals surface area contributed by atoms with Gasteiger partial charge in [0.05, 0.1) is 0 Å². The van der Waals surface area contributed by atoms with E-state index in [2.05, 4.69) is 6.58 Å². The Hall–Kier alpha value is -0.770. The standard InChI is InChI=1S/C4H8.CN/c1-4(2)3;1-2/h1H2,2-3H3;/q;-1. The molecule has 0 unspecified atom stereocenters. The van der Waals surface area contributed by atoms with Gasteiger partial charge in [-0.05, 0) is 13.8 Å². The lowest BCUT2D eigenvalue weighted by Gasteiger charge is -1.65. The van der Waals surface area contributed by atoms with Gasteiger partial charge in [-0.25, -0.2) is 0 Å². The largest absolute Gasteiger partial charge is 0.512 e. The van der Waals surface area contributed by atoms with E-state index in [1.165, 1.54) is 5.57 Å². The minimum atomic E-state index is 1.17. The Morgan fingerprint density at radius 3 is 1.50 bits per heavy atom. The van der Waals surface area contributed by atoms with Crippen LogP contribution >= 0.6 is 0 Å². The first-order valence-electron chi connectivity index (χ1n) is 1.58. The predicted octanol–water partition coefficient (Wildman–Crippen LogP) is 1.68. The maximum atomic E-state index is 6.25. The molecule has 0 radical (unpaired) electrons. The average Bonchev–Trinajstić information content (AvgIpc) is 1.41. The van der Waals surface area contributed by atoms with E-state index >= 15 is 0 Å². The summed E-state index contributed by atoms with van der Waals surface area (Å²) in [6.07, 6.45) is 0. The molecular weight excluding hydrogens is 74.1 g/mol. The molecule has 0 spiro atoms. The highest BCUT2D eigenvalue weighted by Gasteiger charge is 1.51. The summed E-state index contributed by atoms with van der Waals surface area (Å²) in [4.78, 5) is 0. The average molecular weight is 82.1 g/mol. The second-order valence-electron chi connectivity index (χ2n) is 1.21. The summed E-state index contributed by atoms with van der Waals surface area (Å²) < 4.78 is 0. The molecule has 0 fully saturated rings.